The van der Waals surface area contributed by atoms with Crippen LogP contribution in [0.1, 0.15) is 16.2 Å². The molecule has 2 heterocycles. The summed E-state index contributed by atoms with van der Waals surface area (Å²) in [4.78, 5) is 14.7. The van der Waals surface area contributed by atoms with Crippen molar-refractivity contribution < 1.29 is 9.90 Å². The van der Waals surface area contributed by atoms with E-state index in [2.05, 4.69) is 10.1 Å². The van der Waals surface area contributed by atoms with E-state index in [1.54, 1.807) is 6.07 Å². The number of carbonyl (C=O) groups is 1. The number of hydrogen-bond donors (Lipinski definition) is 2. The van der Waals surface area contributed by atoms with E-state index in [1.165, 1.54) is 16.8 Å². The van der Waals surface area contributed by atoms with E-state index in [-0.39, 0.29) is 12.1 Å². The normalized spacial score (nSPS) is 10.6. The molecule has 6 nitrogen and oxygen atoms in total. The Morgan fingerprint density at radius 1 is 1.57 bits per heavy atom. The molecule has 3 N–H and O–H groups in total. The van der Waals surface area contributed by atoms with Crippen molar-refractivity contribution in [2.24, 2.45) is 5.73 Å². The predicted octanol–water partition coefficient (Wildman–Crippen LogP) is -0.114. The van der Waals surface area contributed by atoms with Crippen LogP contribution in [0.5, 0.6) is 0 Å². The Bertz CT molecular complexity index is 491. The minimum atomic E-state index is -0.989. The third kappa shape index (κ3) is 1.31. The molecule has 2 aromatic rings. The number of fused-ring (bicyclic) bond motifs is 1. The zero-order valence-electron chi connectivity index (χ0n) is 7.21. The third-order valence-corrected chi connectivity index (χ3v) is 1.80. The number of nitrogens with zero attached hydrogens (tertiary/aromatic N) is 3. The average molecular weight is 192 g/mol. The van der Waals surface area contributed by atoms with Gasteiger partial charge in [0, 0.05) is 6.20 Å². The Kier molecular flexibility index (Phi) is 1.90. The quantitative estimate of drug-likeness (QED) is 0.692. The Balaban J connectivity index is 2.59. The predicted molar refractivity (Wildman–Crippen MR) is 47.8 cm³/mol. The second kappa shape index (κ2) is 3.08. The van der Waals surface area contributed by atoms with E-state index in [0.29, 0.717) is 11.5 Å². The number of rotatable bonds is 2. The van der Waals surface area contributed by atoms with Crippen LogP contribution < -0.4 is 5.73 Å². The molecule has 0 saturated heterocycles. The van der Waals surface area contributed by atoms with Crippen molar-refractivity contribution >= 4 is 11.6 Å². The van der Waals surface area contributed by atoms with Crippen molar-refractivity contribution in [3.63, 3.8) is 0 Å². The average Bonchev–Trinajstić information content (AvgIpc) is 2.58. The summed E-state index contributed by atoms with van der Waals surface area (Å²) < 4.78 is 1.41. The molecule has 14 heavy (non-hydrogen) atoms. The number of nitrogens with two attached hydrogens (primary N) is 1. The van der Waals surface area contributed by atoms with Gasteiger partial charge in [0.2, 0.25) is 0 Å². The molecule has 2 rings (SSSR count). The second-order valence-electron chi connectivity index (χ2n) is 2.76. The molecular formula is C8H8N4O2. The summed E-state index contributed by atoms with van der Waals surface area (Å²) in [5.41, 5.74) is 6.12. The van der Waals surface area contributed by atoms with Crippen LogP contribution in [0.4, 0.5) is 0 Å². The molecule has 0 bridgehead atoms. The number of aromatic nitrogens is 3. The molecule has 0 unspecified atom stereocenters. The highest BCUT2D eigenvalue weighted by Crippen LogP contribution is 2.04. The Hall–Kier alpha value is -1.95. The smallest absolute Gasteiger partial charge is 0.337 e. The maximum Gasteiger partial charge on any atom is 0.337 e. The SMILES string of the molecule is NCc1nc2ccc(C(=O)O)cn2n1. The standard InChI is InChI=1S/C8H8N4O2/c9-3-6-10-7-2-1-5(8(13)14)4-12(7)11-6/h1-2,4H,3,9H2,(H,13,14). The van der Waals surface area contributed by atoms with E-state index >= 15 is 0 Å². The first kappa shape index (κ1) is 8.64. The molecule has 0 fully saturated rings. The summed E-state index contributed by atoms with van der Waals surface area (Å²) in [7, 11) is 0. The van der Waals surface area contributed by atoms with Crippen molar-refractivity contribution in [3.8, 4) is 0 Å². The summed E-state index contributed by atoms with van der Waals surface area (Å²) in [6, 6.07) is 3.07. The van der Waals surface area contributed by atoms with Crippen LogP contribution >= 0.6 is 0 Å². The van der Waals surface area contributed by atoms with Gasteiger partial charge < -0.3 is 10.8 Å². The molecule has 0 aliphatic rings. The van der Waals surface area contributed by atoms with Crippen LogP contribution in [0, 0.1) is 0 Å². The zero-order chi connectivity index (χ0) is 10.1. The maximum absolute atomic E-state index is 10.6. The highest BCUT2D eigenvalue weighted by molar-refractivity contribution is 5.87. The van der Waals surface area contributed by atoms with Gasteiger partial charge in [-0.15, -0.1) is 5.10 Å². The lowest BCUT2D eigenvalue weighted by Crippen LogP contribution is -2.00. The summed E-state index contributed by atoms with van der Waals surface area (Å²) >= 11 is 0. The van der Waals surface area contributed by atoms with E-state index < -0.39 is 5.97 Å². The van der Waals surface area contributed by atoms with E-state index in [1.807, 2.05) is 0 Å². The van der Waals surface area contributed by atoms with E-state index in [0.717, 1.165) is 0 Å². The summed E-state index contributed by atoms with van der Waals surface area (Å²) in [5, 5.41) is 12.7. The van der Waals surface area contributed by atoms with Crippen LogP contribution in [0.2, 0.25) is 0 Å². The summed E-state index contributed by atoms with van der Waals surface area (Å²) in [6.07, 6.45) is 1.41. The lowest BCUT2D eigenvalue weighted by Gasteiger charge is -1.93. The Morgan fingerprint density at radius 3 is 3.00 bits per heavy atom. The van der Waals surface area contributed by atoms with Crippen molar-refractivity contribution in [2.45, 2.75) is 6.54 Å². The monoisotopic (exact) mass is 192 g/mol. The van der Waals surface area contributed by atoms with Gasteiger partial charge in [-0.1, -0.05) is 0 Å². The third-order valence-electron chi connectivity index (χ3n) is 1.80. The molecule has 0 saturated carbocycles. The fourth-order valence-corrected chi connectivity index (χ4v) is 1.14. The van der Waals surface area contributed by atoms with Crippen molar-refractivity contribution in [1.29, 1.82) is 0 Å². The Labute approximate surface area is 79.0 Å². The van der Waals surface area contributed by atoms with Gasteiger partial charge in [-0.2, -0.15) is 0 Å². The highest BCUT2D eigenvalue weighted by Gasteiger charge is 2.06. The second-order valence-corrected chi connectivity index (χ2v) is 2.76. The van der Waals surface area contributed by atoms with Gasteiger partial charge in [-0.3, -0.25) is 0 Å². The first-order valence-electron chi connectivity index (χ1n) is 3.99. The van der Waals surface area contributed by atoms with Gasteiger partial charge in [-0.05, 0) is 12.1 Å². The van der Waals surface area contributed by atoms with Crippen molar-refractivity contribution in [2.75, 3.05) is 0 Å². The van der Waals surface area contributed by atoms with Gasteiger partial charge in [-0.25, -0.2) is 14.3 Å². The summed E-state index contributed by atoms with van der Waals surface area (Å²) in [5.74, 6) is -0.496. The number of carboxylic acids is 1. The van der Waals surface area contributed by atoms with Crippen molar-refractivity contribution in [1.82, 2.24) is 14.6 Å². The molecule has 0 radical (unpaired) electrons. The maximum atomic E-state index is 10.6. The topological polar surface area (TPSA) is 93.5 Å². The van der Waals surface area contributed by atoms with Crippen LogP contribution in [-0.4, -0.2) is 25.7 Å². The number of pyridine rings is 1. The van der Waals surface area contributed by atoms with Gasteiger partial charge in [0.1, 0.15) is 0 Å². The molecule has 0 atom stereocenters. The summed E-state index contributed by atoms with van der Waals surface area (Å²) in [6.45, 7) is 0.240. The lowest BCUT2D eigenvalue weighted by molar-refractivity contribution is 0.0696. The van der Waals surface area contributed by atoms with Gasteiger partial charge in [0.25, 0.3) is 0 Å². The lowest BCUT2D eigenvalue weighted by atomic mass is 10.3. The van der Waals surface area contributed by atoms with Crippen LogP contribution in [0.15, 0.2) is 18.3 Å². The molecular weight excluding hydrogens is 184 g/mol. The molecule has 6 heteroatoms. The zero-order valence-corrected chi connectivity index (χ0v) is 7.21. The fourth-order valence-electron chi connectivity index (χ4n) is 1.14. The fraction of sp³-hybridized carbons (Fsp3) is 0.125. The highest BCUT2D eigenvalue weighted by atomic mass is 16.4. The molecule has 0 amide bonds. The largest absolute Gasteiger partial charge is 0.478 e. The first-order chi connectivity index (χ1) is 6.70. The number of hydrogen-bond acceptors (Lipinski definition) is 4. The van der Waals surface area contributed by atoms with Gasteiger partial charge >= 0.3 is 5.97 Å². The molecule has 72 valence electrons. The van der Waals surface area contributed by atoms with E-state index in [4.69, 9.17) is 10.8 Å². The van der Waals surface area contributed by atoms with Gasteiger partial charge in [0.05, 0.1) is 12.1 Å². The molecule has 0 aliphatic heterocycles. The molecule has 2 aromatic heterocycles. The molecule has 0 aliphatic carbocycles. The van der Waals surface area contributed by atoms with Gasteiger partial charge in [0.15, 0.2) is 11.5 Å². The number of carboxylic acid groups (broad SMARTS) is 1. The molecule has 0 spiro atoms. The van der Waals surface area contributed by atoms with E-state index in [9.17, 15) is 4.79 Å². The van der Waals surface area contributed by atoms with Crippen LogP contribution in [0.25, 0.3) is 5.65 Å². The van der Waals surface area contributed by atoms with Crippen LogP contribution in [-0.2, 0) is 6.54 Å². The minimum Gasteiger partial charge on any atom is -0.478 e. The van der Waals surface area contributed by atoms with Crippen LogP contribution in [0.3, 0.4) is 0 Å². The van der Waals surface area contributed by atoms with Crippen molar-refractivity contribution in [3.05, 3.63) is 29.7 Å². The molecule has 0 aromatic carbocycles. The first-order valence-corrected chi connectivity index (χ1v) is 3.99. The Morgan fingerprint density at radius 2 is 2.36 bits per heavy atom. The minimum absolute atomic E-state index is 0.172. The number of aromatic carboxylic acids is 1.